The minimum absolute atomic E-state index is 0.104. The summed E-state index contributed by atoms with van der Waals surface area (Å²) in [5.74, 6) is -0.116. The second kappa shape index (κ2) is 7.49. The molecule has 0 aliphatic rings. The summed E-state index contributed by atoms with van der Waals surface area (Å²) in [5, 5.41) is 5.11. The molecule has 8 heteroatoms. The largest absolute Gasteiger partial charge is 0.463 e. The summed E-state index contributed by atoms with van der Waals surface area (Å²) < 4.78 is 21.6. The molecule has 0 fully saturated rings. The molecule has 0 aliphatic carbocycles. The van der Waals surface area contributed by atoms with Gasteiger partial charge in [-0.2, -0.15) is 0 Å². The third-order valence-electron chi connectivity index (χ3n) is 5.41. The summed E-state index contributed by atoms with van der Waals surface area (Å²) in [6.45, 7) is 5.52. The Morgan fingerprint density at radius 2 is 1.91 bits per heavy atom. The van der Waals surface area contributed by atoms with Gasteiger partial charge in [-0.3, -0.25) is 0 Å². The summed E-state index contributed by atoms with van der Waals surface area (Å²) in [6, 6.07) is 10.1. The van der Waals surface area contributed by atoms with Gasteiger partial charge in [-0.1, -0.05) is 5.16 Å². The predicted molar refractivity (Wildman–Crippen MR) is 115 cm³/mol. The van der Waals surface area contributed by atoms with Crippen LogP contribution < -0.4 is 5.63 Å². The van der Waals surface area contributed by atoms with E-state index in [1.54, 1.807) is 31.2 Å². The van der Waals surface area contributed by atoms with Crippen LogP contribution in [0.15, 0.2) is 60.8 Å². The average molecular weight is 430 g/mol. The molecule has 5 aromatic rings. The number of nitrogens with zero attached hydrogens (tertiary/aromatic N) is 2. The minimum atomic E-state index is -0.596. The zero-order chi connectivity index (χ0) is 22.4. The van der Waals surface area contributed by atoms with Gasteiger partial charge in [-0.25, -0.2) is 14.6 Å². The standard InChI is InChI=1S/C24H18N2O6/c1-12-7-16-15(9-21(27)31-20(16)8-13(12)2)11-30-24(28)17-10-18(19-5-4-6-29-19)25-23-22(17)14(3)26-32-23/h4-10H,11H2,1-3H3. The van der Waals surface area contributed by atoms with Gasteiger partial charge in [0.1, 0.15) is 17.9 Å². The summed E-state index contributed by atoms with van der Waals surface area (Å²) >= 11 is 0. The van der Waals surface area contributed by atoms with E-state index in [0.29, 0.717) is 33.7 Å². The number of fused-ring (bicyclic) bond motifs is 2. The van der Waals surface area contributed by atoms with Crippen LogP contribution in [0.25, 0.3) is 33.5 Å². The molecule has 0 saturated heterocycles. The summed E-state index contributed by atoms with van der Waals surface area (Å²) in [6.07, 6.45) is 1.51. The highest BCUT2D eigenvalue weighted by Crippen LogP contribution is 2.28. The molecule has 4 heterocycles. The molecule has 0 atom stereocenters. The molecular formula is C24H18N2O6. The van der Waals surface area contributed by atoms with Crippen molar-refractivity contribution in [2.24, 2.45) is 0 Å². The smallest absolute Gasteiger partial charge is 0.339 e. The van der Waals surface area contributed by atoms with Crippen molar-refractivity contribution in [1.29, 1.82) is 0 Å². The van der Waals surface area contributed by atoms with Gasteiger partial charge in [0.15, 0.2) is 5.76 Å². The van der Waals surface area contributed by atoms with Gasteiger partial charge in [0, 0.05) is 17.0 Å². The number of carbonyl (C=O) groups excluding carboxylic acids is 1. The topological polar surface area (TPSA) is 109 Å². The monoisotopic (exact) mass is 430 g/mol. The Balaban J connectivity index is 1.53. The first kappa shape index (κ1) is 19.7. The van der Waals surface area contributed by atoms with Crippen LogP contribution in [0.5, 0.6) is 0 Å². The molecule has 4 aromatic heterocycles. The van der Waals surface area contributed by atoms with Crippen LogP contribution in [0.1, 0.15) is 32.7 Å². The number of rotatable bonds is 4. The second-order valence-electron chi connectivity index (χ2n) is 7.58. The Morgan fingerprint density at radius 1 is 1.09 bits per heavy atom. The number of benzene rings is 1. The van der Waals surface area contributed by atoms with E-state index in [9.17, 15) is 9.59 Å². The Morgan fingerprint density at radius 3 is 2.69 bits per heavy atom. The van der Waals surface area contributed by atoms with Crippen LogP contribution in [0.4, 0.5) is 0 Å². The fourth-order valence-corrected chi connectivity index (χ4v) is 3.63. The molecule has 0 unspecified atom stereocenters. The first-order valence-corrected chi connectivity index (χ1v) is 9.92. The number of hydrogen-bond acceptors (Lipinski definition) is 8. The van der Waals surface area contributed by atoms with Gasteiger partial charge in [0.25, 0.3) is 5.71 Å². The molecule has 0 bridgehead atoms. The zero-order valence-corrected chi connectivity index (χ0v) is 17.6. The highest BCUT2D eigenvalue weighted by atomic mass is 16.5. The van der Waals surface area contributed by atoms with E-state index < -0.39 is 11.6 Å². The quantitative estimate of drug-likeness (QED) is 0.293. The average Bonchev–Trinajstić information content (AvgIpc) is 3.43. The number of ether oxygens (including phenoxy) is 1. The van der Waals surface area contributed by atoms with Gasteiger partial charge in [0.2, 0.25) is 0 Å². The normalized spacial score (nSPS) is 11.3. The molecule has 5 rings (SSSR count). The van der Waals surface area contributed by atoms with E-state index in [1.807, 2.05) is 19.9 Å². The van der Waals surface area contributed by atoms with Crippen molar-refractivity contribution in [1.82, 2.24) is 10.1 Å². The molecule has 0 amide bonds. The number of carbonyl (C=O) groups is 1. The van der Waals surface area contributed by atoms with E-state index in [1.165, 1.54) is 12.3 Å². The first-order valence-electron chi connectivity index (χ1n) is 9.92. The molecule has 1 aromatic carbocycles. The molecular weight excluding hydrogens is 412 g/mol. The van der Waals surface area contributed by atoms with Crippen molar-refractivity contribution in [2.45, 2.75) is 27.4 Å². The van der Waals surface area contributed by atoms with Crippen LogP contribution in [-0.2, 0) is 11.3 Å². The highest BCUT2D eigenvalue weighted by molar-refractivity contribution is 6.04. The third-order valence-corrected chi connectivity index (χ3v) is 5.41. The lowest BCUT2D eigenvalue weighted by atomic mass is 10.0. The maximum Gasteiger partial charge on any atom is 0.339 e. The second-order valence-corrected chi connectivity index (χ2v) is 7.58. The Kier molecular flexibility index (Phi) is 4.62. The van der Waals surface area contributed by atoms with Crippen molar-refractivity contribution < 1.29 is 22.9 Å². The fraction of sp³-hybridized carbons (Fsp3) is 0.167. The van der Waals surface area contributed by atoms with Crippen molar-refractivity contribution >= 4 is 28.0 Å². The Labute approximate surface area is 181 Å². The van der Waals surface area contributed by atoms with Crippen LogP contribution in [-0.4, -0.2) is 16.1 Å². The van der Waals surface area contributed by atoms with E-state index >= 15 is 0 Å². The number of pyridine rings is 1. The van der Waals surface area contributed by atoms with Gasteiger partial charge in [-0.05, 0) is 62.2 Å². The van der Waals surface area contributed by atoms with Gasteiger partial charge in [-0.15, -0.1) is 0 Å². The number of aryl methyl sites for hydroxylation is 3. The maximum atomic E-state index is 13.1. The molecule has 0 spiro atoms. The highest BCUT2D eigenvalue weighted by Gasteiger charge is 2.22. The van der Waals surface area contributed by atoms with Crippen LogP contribution >= 0.6 is 0 Å². The van der Waals surface area contributed by atoms with Crippen molar-refractivity contribution in [3.05, 3.63) is 81.0 Å². The van der Waals surface area contributed by atoms with Crippen LogP contribution in [0.3, 0.4) is 0 Å². The Bertz CT molecular complexity index is 1540. The third kappa shape index (κ3) is 3.35. The summed E-state index contributed by atoms with van der Waals surface area (Å²) in [5.41, 5.74) is 3.94. The summed E-state index contributed by atoms with van der Waals surface area (Å²) in [7, 11) is 0. The number of furan rings is 1. The van der Waals surface area contributed by atoms with Gasteiger partial charge in [0.05, 0.1) is 22.9 Å². The maximum absolute atomic E-state index is 13.1. The summed E-state index contributed by atoms with van der Waals surface area (Å²) in [4.78, 5) is 29.5. The lowest BCUT2D eigenvalue weighted by molar-refractivity contribution is 0.0476. The zero-order valence-electron chi connectivity index (χ0n) is 17.6. The molecule has 160 valence electrons. The van der Waals surface area contributed by atoms with E-state index in [2.05, 4.69) is 10.1 Å². The molecule has 0 N–H and O–H groups in total. The number of aromatic nitrogens is 2. The molecule has 8 nitrogen and oxygen atoms in total. The van der Waals surface area contributed by atoms with Crippen molar-refractivity contribution in [3.63, 3.8) is 0 Å². The predicted octanol–water partition coefficient (Wildman–Crippen LogP) is 4.87. The van der Waals surface area contributed by atoms with E-state index in [-0.39, 0.29) is 17.9 Å². The first-order chi connectivity index (χ1) is 15.4. The van der Waals surface area contributed by atoms with Crippen molar-refractivity contribution in [2.75, 3.05) is 0 Å². The van der Waals surface area contributed by atoms with Gasteiger partial charge < -0.3 is 18.1 Å². The Hall–Kier alpha value is -4.20. The number of hydrogen-bond donors (Lipinski definition) is 0. The van der Waals surface area contributed by atoms with Crippen LogP contribution in [0.2, 0.25) is 0 Å². The molecule has 0 radical (unpaired) electrons. The number of esters is 1. The van der Waals surface area contributed by atoms with Crippen LogP contribution in [0, 0.1) is 20.8 Å². The molecule has 32 heavy (non-hydrogen) atoms. The van der Waals surface area contributed by atoms with Crippen molar-refractivity contribution in [3.8, 4) is 11.5 Å². The fourth-order valence-electron chi connectivity index (χ4n) is 3.63. The molecule has 0 aliphatic heterocycles. The van der Waals surface area contributed by atoms with E-state index in [4.69, 9.17) is 18.1 Å². The minimum Gasteiger partial charge on any atom is -0.463 e. The van der Waals surface area contributed by atoms with Gasteiger partial charge >= 0.3 is 11.6 Å². The lowest BCUT2D eigenvalue weighted by Gasteiger charge is -2.10. The van der Waals surface area contributed by atoms with E-state index in [0.717, 1.165) is 16.5 Å². The lowest BCUT2D eigenvalue weighted by Crippen LogP contribution is -2.09. The molecule has 0 saturated carbocycles. The SMILES string of the molecule is Cc1cc2oc(=O)cc(COC(=O)c3cc(-c4ccco4)nc4onc(C)c34)c2cc1C.